The summed E-state index contributed by atoms with van der Waals surface area (Å²) < 4.78 is 11.0. The van der Waals surface area contributed by atoms with Gasteiger partial charge in [0, 0.05) is 58.8 Å². The van der Waals surface area contributed by atoms with Gasteiger partial charge in [0.2, 0.25) is 5.91 Å². The van der Waals surface area contributed by atoms with Gasteiger partial charge in [0.15, 0.2) is 5.96 Å². The van der Waals surface area contributed by atoms with E-state index in [0.29, 0.717) is 24.8 Å². The molecule has 0 saturated carbocycles. The van der Waals surface area contributed by atoms with Crippen molar-refractivity contribution in [3.8, 4) is 0 Å². The SMILES string of the molecule is CN=C(NCCCOCC1CCOC1)NCCC(=O)N1CCCC(C)C1. The lowest BCUT2D eigenvalue weighted by molar-refractivity contribution is -0.132. The van der Waals surface area contributed by atoms with Crippen LogP contribution in [0.15, 0.2) is 4.99 Å². The van der Waals surface area contributed by atoms with Gasteiger partial charge in [0.25, 0.3) is 0 Å². The van der Waals surface area contributed by atoms with Gasteiger partial charge in [-0.15, -0.1) is 0 Å². The van der Waals surface area contributed by atoms with E-state index in [2.05, 4.69) is 22.5 Å². The predicted octanol–water partition coefficient (Wildman–Crippen LogP) is 1.24. The van der Waals surface area contributed by atoms with Gasteiger partial charge in [-0.2, -0.15) is 0 Å². The van der Waals surface area contributed by atoms with Crippen molar-refractivity contribution >= 4 is 11.9 Å². The largest absolute Gasteiger partial charge is 0.381 e. The molecule has 2 unspecified atom stereocenters. The predicted molar refractivity (Wildman–Crippen MR) is 103 cm³/mol. The first kappa shape index (κ1) is 21.0. The van der Waals surface area contributed by atoms with Crippen LogP contribution in [-0.4, -0.2) is 76.4 Å². The smallest absolute Gasteiger partial charge is 0.224 e. The van der Waals surface area contributed by atoms with Crippen LogP contribution in [0.5, 0.6) is 0 Å². The summed E-state index contributed by atoms with van der Waals surface area (Å²) in [4.78, 5) is 18.5. The van der Waals surface area contributed by atoms with Crippen molar-refractivity contribution in [3.63, 3.8) is 0 Å². The summed E-state index contributed by atoms with van der Waals surface area (Å²) in [6.45, 7) is 8.69. The van der Waals surface area contributed by atoms with Gasteiger partial charge < -0.3 is 25.0 Å². The second kappa shape index (κ2) is 12.1. The highest BCUT2D eigenvalue weighted by atomic mass is 16.5. The first-order chi connectivity index (χ1) is 12.7. The van der Waals surface area contributed by atoms with E-state index in [0.717, 1.165) is 71.3 Å². The standard InChI is InChI=1S/C19H36N4O3/c1-16-5-3-10-23(13-16)18(24)6-9-22-19(20-2)21-8-4-11-25-14-17-7-12-26-15-17/h16-17H,3-15H2,1-2H3,(H2,20,21,22). The highest BCUT2D eigenvalue weighted by molar-refractivity contribution is 5.81. The lowest BCUT2D eigenvalue weighted by Crippen LogP contribution is -2.42. The van der Waals surface area contributed by atoms with Gasteiger partial charge in [-0.25, -0.2) is 0 Å². The summed E-state index contributed by atoms with van der Waals surface area (Å²) in [5.74, 6) is 2.18. The van der Waals surface area contributed by atoms with E-state index in [4.69, 9.17) is 9.47 Å². The van der Waals surface area contributed by atoms with Crippen LogP contribution in [0.1, 0.15) is 39.0 Å². The molecule has 2 aliphatic rings. The maximum absolute atomic E-state index is 12.3. The van der Waals surface area contributed by atoms with Crippen LogP contribution in [0, 0.1) is 11.8 Å². The molecule has 0 radical (unpaired) electrons. The van der Waals surface area contributed by atoms with E-state index in [1.807, 2.05) is 4.90 Å². The van der Waals surface area contributed by atoms with Crippen LogP contribution >= 0.6 is 0 Å². The molecular formula is C19H36N4O3. The molecule has 7 nitrogen and oxygen atoms in total. The Hall–Kier alpha value is -1.34. The molecule has 0 aliphatic carbocycles. The molecule has 0 aromatic carbocycles. The molecule has 0 aromatic heterocycles. The Labute approximate surface area is 157 Å². The molecule has 2 fully saturated rings. The Kier molecular flexibility index (Phi) is 9.77. The van der Waals surface area contributed by atoms with E-state index in [1.54, 1.807) is 7.05 Å². The molecule has 0 spiro atoms. The van der Waals surface area contributed by atoms with E-state index < -0.39 is 0 Å². The van der Waals surface area contributed by atoms with Crippen LogP contribution in [0.4, 0.5) is 0 Å². The molecule has 2 atom stereocenters. The highest BCUT2D eigenvalue weighted by Gasteiger charge is 2.20. The summed E-state index contributed by atoms with van der Waals surface area (Å²) in [5, 5.41) is 6.49. The third-order valence-electron chi connectivity index (χ3n) is 5.00. The van der Waals surface area contributed by atoms with E-state index in [-0.39, 0.29) is 5.91 Å². The molecule has 2 heterocycles. The molecule has 26 heavy (non-hydrogen) atoms. The average Bonchev–Trinajstić information content (AvgIpc) is 3.16. The van der Waals surface area contributed by atoms with Gasteiger partial charge in [0.05, 0.1) is 13.2 Å². The first-order valence-electron chi connectivity index (χ1n) is 10.1. The van der Waals surface area contributed by atoms with Crippen molar-refractivity contribution in [2.24, 2.45) is 16.8 Å². The van der Waals surface area contributed by atoms with Gasteiger partial charge in [-0.3, -0.25) is 9.79 Å². The second-order valence-corrected chi connectivity index (χ2v) is 7.42. The number of likely N-dealkylation sites (tertiary alicyclic amines) is 1. The monoisotopic (exact) mass is 368 g/mol. The van der Waals surface area contributed by atoms with Crippen LogP contribution in [0.3, 0.4) is 0 Å². The molecule has 1 amide bonds. The molecule has 2 rings (SSSR count). The number of piperidine rings is 1. The van der Waals surface area contributed by atoms with Crippen LogP contribution in [-0.2, 0) is 14.3 Å². The summed E-state index contributed by atoms with van der Waals surface area (Å²) in [7, 11) is 1.75. The third-order valence-corrected chi connectivity index (χ3v) is 5.00. The van der Waals surface area contributed by atoms with Gasteiger partial charge in [0.1, 0.15) is 0 Å². The minimum Gasteiger partial charge on any atom is -0.381 e. The number of nitrogens with one attached hydrogen (secondary N) is 2. The van der Waals surface area contributed by atoms with Crippen molar-refractivity contribution in [2.75, 3.05) is 59.7 Å². The van der Waals surface area contributed by atoms with Gasteiger partial charge >= 0.3 is 0 Å². The summed E-state index contributed by atoms with van der Waals surface area (Å²) in [5.41, 5.74) is 0. The van der Waals surface area contributed by atoms with E-state index in [9.17, 15) is 4.79 Å². The lowest BCUT2D eigenvalue weighted by atomic mass is 10.00. The number of carbonyl (C=O) groups excluding carboxylic acids is 1. The van der Waals surface area contributed by atoms with Crippen LogP contribution in [0.2, 0.25) is 0 Å². The Morgan fingerprint density at radius 1 is 1.31 bits per heavy atom. The van der Waals surface area contributed by atoms with Gasteiger partial charge in [-0.1, -0.05) is 6.92 Å². The number of amides is 1. The highest BCUT2D eigenvalue weighted by Crippen LogP contribution is 2.16. The number of ether oxygens (including phenoxy) is 2. The number of guanidine groups is 1. The fraction of sp³-hybridized carbons (Fsp3) is 0.895. The average molecular weight is 369 g/mol. The summed E-state index contributed by atoms with van der Waals surface area (Å²) in [6.07, 6.45) is 4.92. The summed E-state index contributed by atoms with van der Waals surface area (Å²) in [6, 6.07) is 0. The number of aliphatic imine (C=N–C) groups is 1. The van der Waals surface area contributed by atoms with Crippen molar-refractivity contribution in [2.45, 2.75) is 39.0 Å². The number of rotatable bonds is 9. The second-order valence-electron chi connectivity index (χ2n) is 7.42. The molecule has 0 aromatic rings. The van der Waals surface area contributed by atoms with E-state index in [1.165, 1.54) is 6.42 Å². The van der Waals surface area contributed by atoms with Crippen LogP contribution in [0.25, 0.3) is 0 Å². The number of hydrogen-bond acceptors (Lipinski definition) is 4. The zero-order valence-corrected chi connectivity index (χ0v) is 16.5. The minimum absolute atomic E-state index is 0.240. The minimum atomic E-state index is 0.240. The van der Waals surface area contributed by atoms with Crippen molar-refractivity contribution in [1.82, 2.24) is 15.5 Å². The molecule has 150 valence electrons. The van der Waals surface area contributed by atoms with Crippen molar-refractivity contribution < 1.29 is 14.3 Å². The number of nitrogens with zero attached hydrogens (tertiary/aromatic N) is 2. The zero-order chi connectivity index (χ0) is 18.6. The Morgan fingerprint density at radius 3 is 2.88 bits per heavy atom. The van der Waals surface area contributed by atoms with Crippen molar-refractivity contribution in [3.05, 3.63) is 0 Å². The topological polar surface area (TPSA) is 75.2 Å². The molecule has 7 heteroatoms. The quantitative estimate of drug-likeness (QED) is 0.364. The Bertz CT molecular complexity index is 439. The normalized spacial score (nSPS) is 23.9. The maximum Gasteiger partial charge on any atom is 0.224 e. The molecule has 2 N–H and O–H groups in total. The lowest BCUT2D eigenvalue weighted by Gasteiger charge is -2.31. The number of hydrogen-bond donors (Lipinski definition) is 2. The molecule has 0 bridgehead atoms. The molecular weight excluding hydrogens is 332 g/mol. The van der Waals surface area contributed by atoms with Gasteiger partial charge in [-0.05, 0) is 31.6 Å². The van der Waals surface area contributed by atoms with E-state index >= 15 is 0 Å². The third kappa shape index (κ3) is 7.91. The fourth-order valence-electron chi connectivity index (χ4n) is 3.43. The maximum atomic E-state index is 12.3. The Morgan fingerprint density at radius 2 is 2.15 bits per heavy atom. The summed E-state index contributed by atoms with van der Waals surface area (Å²) >= 11 is 0. The number of carbonyl (C=O) groups is 1. The Balaban J connectivity index is 1.48. The zero-order valence-electron chi connectivity index (χ0n) is 16.5. The molecule has 2 saturated heterocycles. The molecule has 2 aliphatic heterocycles. The van der Waals surface area contributed by atoms with Crippen molar-refractivity contribution in [1.29, 1.82) is 0 Å². The van der Waals surface area contributed by atoms with Crippen LogP contribution < -0.4 is 10.6 Å². The first-order valence-corrected chi connectivity index (χ1v) is 10.1. The fourth-order valence-corrected chi connectivity index (χ4v) is 3.43.